The highest BCUT2D eigenvalue weighted by Crippen LogP contribution is 2.45. The number of hydrogen-bond acceptors (Lipinski definition) is 1. The van der Waals surface area contributed by atoms with Gasteiger partial charge in [-0.1, -0.05) is 84.5 Å². The van der Waals surface area contributed by atoms with Crippen LogP contribution >= 0.6 is 0 Å². The molecule has 0 fully saturated rings. The number of dihydropyridines is 1. The quantitative estimate of drug-likeness (QED) is 0.166. The molecule has 0 radical (unpaired) electrons. The Morgan fingerprint density at radius 1 is 0.680 bits per heavy atom. The van der Waals surface area contributed by atoms with Gasteiger partial charge in [0, 0.05) is 68.9 Å². The summed E-state index contributed by atoms with van der Waals surface area (Å²) < 4.78 is 5.21. The van der Waals surface area contributed by atoms with Gasteiger partial charge in [0.25, 0.3) is 0 Å². The van der Waals surface area contributed by atoms with Gasteiger partial charge in [-0.25, -0.2) is 0 Å². The molecule has 0 spiro atoms. The lowest BCUT2D eigenvalue weighted by molar-refractivity contribution is 0.412. The van der Waals surface area contributed by atoms with Gasteiger partial charge in [-0.2, -0.15) is 0 Å². The summed E-state index contributed by atoms with van der Waals surface area (Å²) >= 11 is 0. The van der Waals surface area contributed by atoms with E-state index in [4.69, 9.17) is 0 Å². The van der Waals surface area contributed by atoms with E-state index < -0.39 is 0 Å². The maximum atomic E-state index is 4.52. The average molecular weight is 650 g/mol. The first-order chi connectivity index (χ1) is 24.8. The standard InChI is InChI=1S/C47H43N3/c1-3-11-32(12-4-1)36-27-37(33-23-25-48-26-24-33)29-39(28-36)50-45-18-10-8-16-41(45)43-30-34(20-22-46(43)50)35-19-21-42-40-15-7-9-17-44(40)49(47(42)31-35)38-13-5-2-6-14-38/h2,5-8,10-11,13-16,18-23,25,27,30-31,36,39H,1,3-4,9,12,17,24,26,28-29H2. The molecule has 0 saturated heterocycles. The number of hydrogen-bond donors (Lipinski definition) is 0. The number of rotatable bonds is 5. The van der Waals surface area contributed by atoms with Gasteiger partial charge in [-0.15, -0.1) is 0 Å². The molecule has 1 aliphatic heterocycles. The minimum absolute atomic E-state index is 0.403. The van der Waals surface area contributed by atoms with Crippen LogP contribution in [0.1, 0.15) is 68.7 Å². The molecule has 0 bridgehead atoms. The number of aromatic nitrogens is 2. The fourth-order valence-corrected chi connectivity index (χ4v) is 9.50. The monoisotopic (exact) mass is 649 g/mol. The summed E-state index contributed by atoms with van der Waals surface area (Å²) in [4.78, 5) is 4.52. The zero-order chi connectivity index (χ0) is 33.0. The largest absolute Gasteiger partial charge is 0.337 e. The predicted octanol–water partition coefficient (Wildman–Crippen LogP) is 12.1. The normalized spacial score (nSPS) is 20.6. The highest BCUT2D eigenvalue weighted by atomic mass is 15.0. The lowest BCUT2D eigenvalue weighted by Gasteiger charge is -2.34. The van der Waals surface area contributed by atoms with Crippen LogP contribution < -0.4 is 0 Å². The van der Waals surface area contributed by atoms with Gasteiger partial charge in [0.05, 0.1) is 5.52 Å². The van der Waals surface area contributed by atoms with E-state index in [0.717, 1.165) is 32.2 Å². The van der Waals surface area contributed by atoms with E-state index in [1.54, 1.807) is 11.1 Å². The summed E-state index contributed by atoms with van der Waals surface area (Å²) in [6, 6.07) is 34.8. The molecule has 50 heavy (non-hydrogen) atoms. The molecule has 10 rings (SSSR count). The first-order valence-electron chi connectivity index (χ1n) is 18.8. The number of nitrogens with zero attached hydrogens (tertiary/aromatic N) is 3. The molecule has 2 unspecified atom stereocenters. The number of para-hydroxylation sites is 2. The van der Waals surface area contributed by atoms with Crippen LogP contribution in [0.2, 0.25) is 0 Å². The van der Waals surface area contributed by atoms with Gasteiger partial charge >= 0.3 is 0 Å². The van der Waals surface area contributed by atoms with Crippen LogP contribution in [0, 0.1) is 5.92 Å². The van der Waals surface area contributed by atoms with Crippen LogP contribution in [0.25, 0.3) is 55.6 Å². The SMILES string of the molecule is C1=Cc2c(n(-c3ccccc3)c3cc(-c4ccc5c(c4)c4ccccc4n5C4CC(C5=CC=NCC5)=CC(C5=CCCCC5)C4)ccc23)CC1. The first-order valence-corrected chi connectivity index (χ1v) is 18.8. The molecule has 3 heteroatoms. The molecule has 3 aliphatic carbocycles. The van der Waals surface area contributed by atoms with Crippen molar-refractivity contribution in [3.8, 4) is 16.8 Å². The summed E-state index contributed by atoms with van der Waals surface area (Å²) in [5, 5.41) is 4.05. The van der Waals surface area contributed by atoms with Gasteiger partial charge < -0.3 is 9.13 Å². The van der Waals surface area contributed by atoms with E-state index >= 15 is 0 Å². The van der Waals surface area contributed by atoms with Crippen molar-refractivity contribution in [2.24, 2.45) is 10.9 Å². The molecule has 0 N–H and O–H groups in total. The molecule has 3 nitrogen and oxygen atoms in total. The zero-order valence-electron chi connectivity index (χ0n) is 28.7. The van der Waals surface area contributed by atoms with Gasteiger partial charge in [-0.05, 0) is 123 Å². The van der Waals surface area contributed by atoms with Crippen LogP contribution in [0.3, 0.4) is 0 Å². The van der Waals surface area contributed by atoms with Crippen LogP contribution in [0.4, 0.5) is 0 Å². The third kappa shape index (κ3) is 4.97. The van der Waals surface area contributed by atoms with E-state index in [2.05, 4.69) is 136 Å². The molecule has 2 atom stereocenters. The third-order valence-electron chi connectivity index (χ3n) is 11.9. The minimum atomic E-state index is 0.403. The van der Waals surface area contributed by atoms with Crippen molar-refractivity contribution >= 4 is 45.0 Å². The fraction of sp³-hybridized carbons (Fsp3) is 0.255. The maximum Gasteiger partial charge on any atom is 0.0543 e. The molecule has 246 valence electrons. The number of fused-ring (bicyclic) bond motifs is 6. The van der Waals surface area contributed by atoms with Crippen molar-refractivity contribution in [2.75, 3.05) is 6.54 Å². The average Bonchev–Trinajstić information content (AvgIpc) is 3.71. The Morgan fingerprint density at radius 3 is 2.42 bits per heavy atom. The number of benzene rings is 4. The van der Waals surface area contributed by atoms with Crippen molar-refractivity contribution in [1.82, 2.24) is 9.13 Å². The molecular formula is C47H43N3. The third-order valence-corrected chi connectivity index (χ3v) is 11.9. The smallest absolute Gasteiger partial charge is 0.0543 e. The Hall–Kier alpha value is -5.15. The molecule has 0 amide bonds. The van der Waals surface area contributed by atoms with Crippen molar-refractivity contribution in [3.63, 3.8) is 0 Å². The second kappa shape index (κ2) is 12.3. The molecule has 4 aromatic carbocycles. The molecule has 4 aliphatic rings. The van der Waals surface area contributed by atoms with Crippen molar-refractivity contribution in [3.05, 3.63) is 143 Å². The second-order valence-corrected chi connectivity index (χ2v) is 14.7. The second-order valence-electron chi connectivity index (χ2n) is 14.7. The lowest BCUT2D eigenvalue weighted by atomic mass is 9.77. The van der Waals surface area contributed by atoms with E-state index in [-0.39, 0.29) is 0 Å². The summed E-state index contributed by atoms with van der Waals surface area (Å²) in [7, 11) is 0. The molecule has 2 aromatic heterocycles. The molecular weight excluding hydrogens is 607 g/mol. The Kier molecular flexibility index (Phi) is 7.33. The number of allylic oxidation sites excluding steroid dienone is 6. The topological polar surface area (TPSA) is 22.2 Å². The van der Waals surface area contributed by atoms with Crippen molar-refractivity contribution < 1.29 is 0 Å². The lowest BCUT2D eigenvalue weighted by Crippen LogP contribution is -2.21. The van der Waals surface area contributed by atoms with E-state index in [1.165, 1.54) is 98.5 Å². The summed E-state index contributed by atoms with van der Waals surface area (Å²) in [5.41, 5.74) is 15.3. The van der Waals surface area contributed by atoms with Crippen molar-refractivity contribution in [2.45, 2.75) is 63.8 Å². The maximum absolute atomic E-state index is 4.52. The van der Waals surface area contributed by atoms with Crippen LogP contribution in [-0.2, 0) is 6.42 Å². The Labute approximate surface area is 294 Å². The van der Waals surface area contributed by atoms with Crippen LogP contribution in [0.15, 0.2) is 137 Å². The first kappa shape index (κ1) is 29.7. The highest BCUT2D eigenvalue weighted by Gasteiger charge is 2.30. The molecule has 0 saturated carbocycles. The van der Waals surface area contributed by atoms with Crippen LogP contribution in [-0.4, -0.2) is 21.9 Å². The van der Waals surface area contributed by atoms with Gasteiger partial charge in [0.15, 0.2) is 0 Å². The summed E-state index contributed by atoms with van der Waals surface area (Å²) in [5.74, 6) is 0.507. The van der Waals surface area contributed by atoms with Crippen LogP contribution in [0.5, 0.6) is 0 Å². The number of aliphatic imine (C=N–C) groups is 1. The van der Waals surface area contributed by atoms with Gasteiger partial charge in [0.2, 0.25) is 0 Å². The van der Waals surface area contributed by atoms with Gasteiger partial charge in [-0.3, -0.25) is 4.99 Å². The van der Waals surface area contributed by atoms with E-state index in [9.17, 15) is 0 Å². The van der Waals surface area contributed by atoms with E-state index in [0.29, 0.717) is 12.0 Å². The summed E-state index contributed by atoms with van der Waals surface area (Å²) in [6.45, 7) is 0.903. The Morgan fingerprint density at radius 2 is 1.54 bits per heavy atom. The predicted molar refractivity (Wildman–Crippen MR) is 212 cm³/mol. The highest BCUT2D eigenvalue weighted by molar-refractivity contribution is 6.09. The molecule has 3 heterocycles. The zero-order valence-corrected chi connectivity index (χ0v) is 28.7. The Balaban J connectivity index is 1.10. The summed E-state index contributed by atoms with van der Waals surface area (Å²) in [6.07, 6.45) is 24.8. The van der Waals surface area contributed by atoms with E-state index in [1.807, 2.05) is 6.21 Å². The van der Waals surface area contributed by atoms with Crippen molar-refractivity contribution in [1.29, 1.82) is 0 Å². The minimum Gasteiger partial charge on any atom is -0.337 e. The molecule has 6 aromatic rings. The Bertz CT molecular complexity index is 2440. The van der Waals surface area contributed by atoms with Gasteiger partial charge in [0.1, 0.15) is 0 Å². The fourth-order valence-electron chi connectivity index (χ4n) is 9.50.